The number of hydrogen-bond acceptors (Lipinski definition) is 3. The summed E-state index contributed by atoms with van der Waals surface area (Å²) in [6.45, 7) is 6.76. The average molecular weight is 213 g/mol. The minimum Gasteiger partial charge on any atom is -0.591 e. The number of carbonyl (C=O) groups is 1. The molecule has 1 aliphatic carbocycles. The van der Waals surface area contributed by atoms with Crippen molar-refractivity contribution in [2.24, 2.45) is 5.41 Å². The second-order valence-electron chi connectivity index (χ2n) is 5.02. The Morgan fingerprint density at radius 2 is 2.20 bits per heavy atom. The van der Waals surface area contributed by atoms with Gasteiger partial charge in [0.1, 0.15) is 0 Å². The predicted molar refractivity (Wildman–Crippen MR) is 56.7 cm³/mol. The third kappa shape index (κ3) is 2.12. The molecule has 0 saturated heterocycles. The predicted octanol–water partition coefficient (Wildman–Crippen LogP) is 2.37. The van der Waals surface area contributed by atoms with Crippen molar-refractivity contribution in [2.45, 2.75) is 46.6 Å². The van der Waals surface area contributed by atoms with Gasteiger partial charge in [0, 0.05) is 5.41 Å². The number of allylic oxidation sites excluding steroid dienone is 1. The van der Waals surface area contributed by atoms with Crippen LogP contribution in [0.3, 0.4) is 0 Å². The zero-order valence-electron chi connectivity index (χ0n) is 9.78. The molecule has 4 nitrogen and oxygen atoms in total. The molecule has 1 aliphatic rings. The van der Waals surface area contributed by atoms with E-state index in [0.29, 0.717) is 0 Å². The Morgan fingerprint density at radius 3 is 2.60 bits per heavy atom. The van der Waals surface area contributed by atoms with E-state index in [1.807, 2.05) is 19.9 Å². The fourth-order valence-electron chi connectivity index (χ4n) is 2.47. The maximum atomic E-state index is 11.9. The molecule has 2 atom stereocenters. The maximum absolute atomic E-state index is 11.9. The maximum Gasteiger partial charge on any atom is 0.343 e. The molecule has 1 N–H and O–H groups in total. The van der Waals surface area contributed by atoms with Gasteiger partial charge in [0.2, 0.25) is 0 Å². The number of hydroxylamine groups is 4. The molecule has 15 heavy (non-hydrogen) atoms. The van der Waals surface area contributed by atoms with Crippen LogP contribution in [0.25, 0.3) is 0 Å². The number of quaternary nitrogens is 1. The molecule has 0 heterocycles. The third-order valence-corrected chi connectivity index (χ3v) is 3.23. The molecular weight excluding hydrogens is 194 g/mol. The highest BCUT2D eigenvalue weighted by Crippen LogP contribution is 2.41. The van der Waals surface area contributed by atoms with Crippen molar-refractivity contribution in [3.05, 3.63) is 16.9 Å². The van der Waals surface area contributed by atoms with Gasteiger partial charge in [0.05, 0.1) is 6.92 Å². The van der Waals surface area contributed by atoms with E-state index >= 15 is 0 Å². The van der Waals surface area contributed by atoms with Crippen LogP contribution in [0.4, 0.5) is 0 Å². The van der Waals surface area contributed by atoms with E-state index < -0.39 is 16.8 Å². The Kier molecular flexibility index (Phi) is 3.05. The Morgan fingerprint density at radius 1 is 1.67 bits per heavy atom. The molecule has 86 valence electrons. The average Bonchev–Trinajstić information content (AvgIpc) is 2.00. The molecule has 0 aromatic heterocycles. The lowest BCUT2D eigenvalue weighted by Gasteiger charge is -2.47. The van der Waals surface area contributed by atoms with Crippen molar-refractivity contribution in [3.63, 3.8) is 0 Å². The third-order valence-electron chi connectivity index (χ3n) is 3.23. The van der Waals surface area contributed by atoms with Crippen molar-refractivity contribution in [2.75, 3.05) is 0 Å². The zero-order chi connectivity index (χ0) is 11.9. The first-order chi connectivity index (χ1) is 6.69. The summed E-state index contributed by atoms with van der Waals surface area (Å²) in [7, 11) is 0. The topological polar surface area (TPSA) is 60.4 Å². The van der Waals surface area contributed by atoms with Gasteiger partial charge in [-0.05, 0) is 25.3 Å². The van der Waals surface area contributed by atoms with E-state index in [-0.39, 0.29) is 5.41 Å². The highest BCUT2D eigenvalue weighted by Gasteiger charge is 2.46. The largest absolute Gasteiger partial charge is 0.591 e. The molecular formula is C11H19NO3. The van der Waals surface area contributed by atoms with E-state index in [9.17, 15) is 15.2 Å². The van der Waals surface area contributed by atoms with Gasteiger partial charge in [0.15, 0.2) is 6.04 Å². The Labute approximate surface area is 90.3 Å². The Bertz CT molecular complexity index is 305. The second kappa shape index (κ2) is 3.70. The van der Waals surface area contributed by atoms with Crippen LogP contribution >= 0.6 is 0 Å². The van der Waals surface area contributed by atoms with Crippen LogP contribution in [0.5, 0.6) is 0 Å². The normalized spacial score (nSPS) is 29.2. The summed E-state index contributed by atoms with van der Waals surface area (Å²) in [5, 5.41) is 21.6. The van der Waals surface area contributed by atoms with Gasteiger partial charge in [-0.2, -0.15) is 0 Å². The van der Waals surface area contributed by atoms with Gasteiger partial charge < -0.3 is 5.21 Å². The van der Waals surface area contributed by atoms with Gasteiger partial charge in [-0.1, -0.05) is 19.9 Å². The number of nitrogens with zero attached hydrogens (tertiary/aromatic N) is 1. The minimum atomic E-state index is -1.78. The Balaban J connectivity index is 3.15. The number of amides is 1. The molecule has 0 aromatic rings. The molecule has 0 fully saturated rings. The van der Waals surface area contributed by atoms with Crippen molar-refractivity contribution in [1.29, 1.82) is 0 Å². The fourth-order valence-corrected chi connectivity index (χ4v) is 2.47. The fraction of sp³-hybridized carbons (Fsp3) is 0.727. The van der Waals surface area contributed by atoms with Crippen molar-refractivity contribution < 1.29 is 14.8 Å². The van der Waals surface area contributed by atoms with Crippen LogP contribution in [-0.4, -0.2) is 22.0 Å². The van der Waals surface area contributed by atoms with Gasteiger partial charge in [0.25, 0.3) is 0 Å². The summed E-state index contributed by atoms with van der Waals surface area (Å²) >= 11 is 0. The highest BCUT2D eigenvalue weighted by molar-refractivity contribution is 5.65. The van der Waals surface area contributed by atoms with E-state index in [1.165, 1.54) is 0 Å². The Hall–Kier alpha value is -0.710. The van der Waals surface area contributed by atoms with Crippen LogP contribution in [0.1, 0.15) is 40.5 Å². The molecule has 0 spiro atoms. The smallest absolute Gasteiger partial charge is 0.343 e. The second-order valence-corrected chi connectivity index (χ2v) is 5.02. The summed E-state index contributed by atoms with van der Waals surface area (Å²) in [5.41, 5.74) is 0.458. The molecule has 4 heteroatoms. The quantitative estimate of drug-likeness (QED) is 0.315. The van der Waals surface area contributed by atoms with Crippen LogP contribution in [0.15, 0.2) is 11.6 Å². The summed E-state index contributed by atoms with van der Waals surface area (Å²) < 4.78 is 0. The molecule has 0 bridgehead atoms. The summed E-state index contributed by atoms with van der Waals surface area (Å²) in [5.74, 6) is -0.761. The zero-order valence-corrected chi connectivity index (χ0v) is 9.78. The summed E-state index contributed by atoms with van der Waals surface area (Å²) in [4.78, 5) is 9.40. The van der Waals surface area contributed by atoms with E-state index in [2.05, 4.69) is 0 Å². The first-order valence-electron chi connectivity index (χ1n) is 5.20. The molecule has 1 rings (SSSR count). The number of rotatable bonds is 1. The van der Waals surface area contributed by atoms with Gasteiger partial charge >= 0.3 is 5.91 Å². The minimum absolute atomic E-state index is 0.346. The molecule has 0 aromatic carbocycles. The van der Waals surface area contributed by atoms with Crippen LogP contribution in [0, 0.1) is 10.6 Å². The van der Waals surface area contributed by atoms with Gasteiger partial charge in [-0.25, -0.2) is 10.0 Å². The standard InChI is InChI=1S/C11H19NO3/c1-8-6-5-7-11(3,4)10(8)12(14,15)9(2)13/h6,10,14H,5,7H2,1-4H3. The lowest BCUT2D eigenvalue weighted by molar-refractivity contribution is -1.02. The number of carbonyl (C=O) groups excluding carboxylic acids is 1. The molecule has 0 aliphatic heterocycles. The SMILES string of the molecule is CC(=O)[N+]([O-])(O)C1C(C)=CCCC1(C)C. The first-order valence-corrected chi connectivity index (χ1v) is 5.20. The lowest BCUT2D eigenvalue weighted by Crippen LogP contribution is -2.58. The summed E-state index contributed by atoms with van der Waals surface area (Å²) in [6, 6.07) is -0.677. The van der Waals surface area contributed by atoms with Crippen molar-refractivity contribution in [3.8, 4) is 0 Å². The van der Waals surface area contributed by atoms with E-state index in [0.717, 1.165) is 25.3 Å². The van der Waals surface area contributed by atoms with E-state index in [4.69, 9.17) is 0 Å². The summed E-state index contributed by atoms with van der Waals surface area (Å²) in [6.07, 6.45) is 3.64. The van der Waals surface area contributed by atoms with E-state index in [1.54, 1.807) is 6.92 Å². The van der Waals surface area contributed by atoms with Gasteiger partial charge in [-0.15, -0.1) is 4.81 Å². The molecule has 0 saturated carbocycles. The highest BCUT2D eigenvalue weighted by atomic mass is 16.8. The molecule has 0 radical (unpaired) electrons. The monoisotopic (exact) mass is 213 g/mol. The molecule has 1 amide bonds. The first kappa shape index (κ1) is 12.4. The molecule has 2 unspecified atom stereocenters. The van der Waals surface area contributed by atoms with Crippen LogP contribution in [0.2, 0.25) is 0 Å². The lowest BCUT2D eigenvalue weighted by atomic mass is 9.73. The van der Waals surface area contributed by atoms with Gasteiger partial charge in [-0.3, -0.25) is 0 Å². The number of hydrogen-bond donors (Lipinski definition) is 1. The van der Waals surface area contributed by atoms with Crippen LogP contribution < -0.4 is 0 Å². The van der Waals surface area contributed by atoms with Crippen molar-refractivity contribution in [1.82, 2.24) is 0 Å². The van der Waals surface area contributed by atoms with Crippen molar-refractivity contribution >= 4 is 5.91 Å². The van der Waals surface area contributed by atoms with Crippen LogP contribution in [-0.2, 0) is 4.79 Å².